The summed E-state index contributed by atoms with van der Waals surface area (Å²) in [5, 5.41) is 8.96. The van der Waals surface area contributed by atoms with Gasteiger partial charge in [0.25, 0.3) is 0 Å². The van der Waals surface area contributed by atoms with Gasteiger partial charge in [0.05, 0.1) is 24.1 Å². The second kappa shape index (κ2) is 4.54. The van der Waals surface area contributed by atoms with Crippen molar-refractivity contribution in [1.29, 1.82) is 5.26 Å². The van der Waals surface area contributed by atoms with Crippen molar-refractivity contribution in [2.24, 2.45) is 0 Å². The zero-order valence-electron chi connectivity index (χ0n) is 9.34. The van der Waals surface area contributed by atoms with E-state index in [1.165, 1.54) is 0 Å². The maximum atomic E-state index is 8.96. The molecule has 1 aromatic heterocycles. The summed E-state index contributed by atoms with van der Waals surface area (Å²) in [4.78, 5) is 4.23. The highest BCUT2D eigenvalue weighted by Crippen LogP contribution is 2.32. The van der Waals surface area contributed by atoms with Gasteiger partial charge in [0, 0.05) is 17.8 Å². The van der Waals surface area contributed by atoms with Gasteiger partial charge in [-0.1, -0.05) is 6.07 Å². The summed E-state index contributed by atoms with van der Waals surface area (Å²) in [6.45, 7) is 0. The number of methoxy groups -OCH3 is 1. The lowest BCUT2D eigenvalue weighted by Crippen LogP contribution is -1.96. The van der Waals surface area contributed by atoms with E-state index in [1.807, 2.05) is 24.3 Å². The Balaban J connectivity index is 2.65. The minimum atomic E-state index is 0.407. The molecule has 0 aliphatic heterocycles. The predicted molar refractivity (Wildman–Crippen MR) is 65.4 cm³/mol. The van der Waals surface area contributed by atoms with E-state index in [-0.39, 0.29) is 0 Å². The van der Waals surface area contributed by atoms with Crippen LogP contribution in [0.1, 0.15) is 5.56 Å². The number of anilines is 1. The third kappa shape index (κ3) is 2.04. The molecule has 17 heavy (non-hydrogen) atoms. The van der Waals surface area contributed by atoms with Crippen LogP contribution in [0.15, 0.2) is 36.5 Å². The molecule has 1 heterocycles. The Morgan fingerprint density at radius 2 is 2.18 bits per heavy atom. The summed E-state index contributed by atoms with van der Waals surface area (Å²) in [5.74, 6) is 0.611. The molecule has 0 radical (unpaired) electrons. The number of aromatic nitrogens is 1. The van der Waals surface area contributed by atoms with Crippen LogP contribution in [0.2, 0.25) is 0 Å². The third-order valence-corrected chi connectivity index (χ3v) is 2.43. The summed E-state index contributed by atoms with van der Waals surface area (Å²) in [5.41, 5.74) is 8.07. The van der Waals surface area contributed by atoms with Crippen molar-refractivity contribution in [2.45, 2.75) is 0 Å². The van der Waals surface area contributed by atoms with Crippen molar-refractivity contribution < 1.29 is 4.74 Å². The fourth-order valence-corrected chi connectivity index (χ4v) is 1.58. The Labute approximate surface area is 99.3 Å². The molecule has 2 aromatic rings. The molecule has 1 aromatic carbocycles. The first-order valence-electron chi connectivity index (χ1n) is 5.05. The van der Waals surface area contributed by atoms with Crippen molar-refractivity contribution in [3.63, 3.8) is 0 Å². The Hall–Kier alpha value is -2.54. The summed E-state index contributed by atoms with van der Waals surface area (Å²) in [6, 6.07) is 10.9. The molecule has 0 saturated heterocycles. The number of nitriles is 1. The maximum Gasteiger partial charge on any atom is 0.130 e. The Morgan fingerprint density at radius 3 is 2.76 bits per heavy atom. The fraction of sp³-hybridized carbons (Fsp3) is 0.0769. The van der Waals surface area contributed by atoms with Crippen LogP contribution < -0.4 is 10.5 Å². The second-order valence-corrected chi connectivity index (χ2v) is 3.47. The average Bonchev–Trinajstić information content (AvgIpc) is 2.39. The van der Waals surface area contributed by atoms with Gasteiger partial charge < -0.3 is 10.5 Å². The smallest absolute Gasteiger partial charge is 0.130 e. The van der Waals surface area contributed by atoms with Gasteiger partial charge in [0.1, 0.15) is 11.8 Å². The van der Waals surface area contributed by atoms with E-state index in [4.69, 9.17) is 15.7 Å². The summed E-state index contributed by atoms with van der Waals surface area (Å²) >= 11 is 0. The first-order valence-corrected chi connectivity index (χ1v) is 5.05. The zero-order valence-corrected chi connectivity index (χ0v) is 9.34. The number of nitrogens with two attached hydrogens (primary N) is 1. The molecule has 0 aliphatic rings. The van der Waals surface area contributed by atoms with E-state index >= 15 is 0 Å². The monoisotopic (exact) mass is 225 g/mol. The highest BCUT2D eigenvalue weighted by atomic mass is 16.5. The summed E-state index contributed by atoms with van der Waals surface area (Å²) in [6.07, 6.45) is 1.69. The van der Waals surface area contributed by atoms with Crippen LogP contribution in [0.25, 0.3) is 11.3 Å². The van der Waals surface area contributed by atoms with E-state index < -0.39 is 0 Å². The predicted octanol–water partition coefficient (Wildman–Crippen LogP) is 2.21. The van der Waals surface area contributed by atoms with E-state index in [1.54, 1.807) is 25.4 Å². The number of nitrogens with zero attached hydrogens (tertiary/aromatic N) is 2. The largest absolute Gasteiger partial charge is 0.496 e. The van der Waals surface area contributed by atoms with Gasteiger partial charge in [0.15, 0.2) is 0 Å². The molecule has 2 rings (SSSR count). The maximum absolute atomic E-state index is 8.96. The van der Waals surface area contributed by atoms with Gasteiger partial charge in [-0.3, -0.25) is 4.98 Å². The Morgan fingerprint density at radius 1 is 1.35 bits per heavy atom. The molecule has 0 amide bonds. The number of rotatable bonds is 2. The van der Waals surface area contributed by atoms with Crippen LogP contribution >= 0.6 is 0 Å². The molecule has 4 nitrogen and oxygen atoms in total. The molecule has 0 saturated carbocycles. The van der Waals surface area contributed by atoms with Crippen molar-refractivity contribution in [3.05, 3.63) is 42.1 Å². The zero-order chi connectivity index (χ0) is 12.3. The van der Waals surface area contributed by atoms with Crippen molar-refractivity contribution in [1.82, 2.24) is 4.98 Å². The highest BCUT2D eigenvalue weighted by molar-refractivity contribution is 5.74. The lowest BCUT2D eigenvalue weighted by molar-refractivity contribution is 0.416. The third-order valence-electron chi connectivity index (χ3n) is 2.43. The molecule has 0 unspecified atom stereocenters. The number of benzene rings is 1. The quantitative estimate of drug-likeness (QED) is 0.795. The molecule has 84 valence electrons. The van der Waals surface area contributed by atoms with Crippen LogP contribution in [0.4, 0.5) is 5.69 Å². The lowest BCUT2D eigenvalue weighted by Gasteiger charge is -2.09. The first kappa shape index (κ1) is 11.0. The minimum absolute atomic E-state index is 0.407. The number of hydrogen-bond donors (Lipinski definition) is 1. The van der Waals surface area contributed by atoms with Gasteiger partial charge in [0.2, 0.25) is 0 Å². The van der Waals surface area contributed by atoms with Gasteiger partial charge in [-0.05, 0) is 18.2 Å². The lowest BCUT2D eigenvalue weighted by atomic mass is 10.0. The molecule has 0 spiro atoms. The Kier molecular flexibility index (Phi) is 2.93. The van der Waals surface area contributed by atoms with Crippen LogP contribution in [-0.4, -0.2) is 12.1 Å². The van der Waals surface area contributed by atoms with Gasteiger partial charge in [-0.25, -0.2) is 0 Å². The molecule has 0 fully saturated rings. The number of nitrogen functional groups attached to an aromatic ring is 1. The number of hydrogen-bond acceptors (Lipinski definition) is 4. The normalized spacial score (nSPS) is 9.65. The van der Waals surface area contributed by atoms with E-state index in [0.717, 1.165) is 11.3 Å². The SMILES string of the molecule is COc1cc(N)c(C#N)cc1-c1ccccn1. The van der Waals surface area contributed by atoms with E-state index in [0.29, 0.717) is 17.0 Å². The highest BCUT2D eigenvalue weighted by Gasteiger charge is 2.10. The molecular formula is C13H11N3O. The number of pyridine rings is 1. The summed E-state index contributed by atoms with van der Waals surface area (Å²) in [7, 11) is 1.56. The van der Waals surface area contributed by atoms with Crippen LogP contribution in [-0.2, 0) is 0 Å². The Bertz CT molecular complexity index is 573. The molecule has 2 N–H and O–H groups in total. The van der Waals surface area contributed by atoms with Crippen molar-refractivity contribution in [3.8, 4) is 23.1 Å². The van der Waals surface area contributed by atoms with Crippen molar-refractivity contribution in [2.75, 3.05) is 12.8 Å². The minimum Gasteiger partial charge on any atom is -0.496 e. The summed E-state index contributed by atoms with van der Waals surface area (Å²) < 4.78 is 5.25. The van der Waals surface area contributed by atoms with E-state index in [9.17, 15) is 0 Å². The molecule has 0 bridgehead atoms. The van der Waals surface area contributed by atoms with Crippen molar-refractivity contribution >= 4 is 5.69 Å². The fourth-order valence-electron chi connectivity index (χ4n) is 1.58. The van der Waals surface area contributed by atoms with Crippen LogP contribution in [0, 0.1) is 11.3 Å². The van der Waals surface area contributed by atoms with Crippen LogP contribution in [0.5, 0.6) is 5.75 Å². The second-order valence-electron chi connectivity index (χ2n) is 3.47. The molecular weight excluding hydrogens is 214 g/mol. The first-order chi connectivity index (χ1) is 8.26. The molecule has 0 atom stereocenters. The topological polar surface area (TPSA) is 71.9 Å². The molecule has 0 aliphatic carbocycles. The van der Waals surface area contributed by atoms with Gasteiger partial charge >= 0.3 is 0 Å². The van der Waals surface area contributed by atoms with Gasteiger partial charge in [-0.2, -0.15) is 5.26 Å². The van der Waals surface area contributed by atoms with E-state index in [2.05, 4.69) is 4.98 Å². The van der Waals surface area contributed by atoms with Crippen LogP contribution in [0.3, 0.4) is 0 Å². The average molecular weight is 225 g/mol. The standard InChI is InChI=1S/C13H11N3O/c1-17-13-7-11(15)9(8-14)6-10(13)12-4-2-3-5-16-12/h2-7H,15H2,1H3. The molecule has 4 heteroatoms. The number of ether oxygens (including phenoxy) is 1. The van der Waals surface area contributed by atoms with Gasteiger partial charge in [-0.15, -0.1) is 0 Å².